The fourth-order valence-electron chi connectivity index (χ4n) is 2.90. The number of halogens is 3. The van der Waals surface area contributed by atoms with Gasteiger partial charge in [-0.05, 0) is 13.8 Å². The maximum absolute atomic E-state index is 12.5. The molecule has 2 N–H and O–H groups in total. The molecule has 0 saturated heterocycles. The monoisotopic (exact) mass is 404 g/mol. The smallest absolute Gasteiger partial charge is 0.345 e. The average molecular weight is 404 g/mol. The number of hydrogen-bond donors (Lipinski definition) is 2. The van der Waals surface area contributed by atoms with E-state index >= 15 is 0 Å². The third-order valence-corrected chi connectivity index (χ3v) is 4.49. The first-order chi connectivity index (χ1) is 13.7. The lowest BCUT2D eigenvalue weighted by molar-refractivity contribution is -0.142. The highest BCUT2D eigenvalue weighted by atomic mass is 19.4. The molecule has 0 aliphatic heterocycles. The van der Waals surface area contributed by atoms with Gasteiger partial charge < -0.3 is 14.9 Å². The zero-order chi connectivity index (χ0) is 20.8. The normalized spacial score (nSPS) is 12.6. The maximum atomic E-state index is 12.5. The first-order valence-corrected chi connectivity index (χ1v) is 8.50. The quantitative estimate of drug-likeness (QED) is 0.539. The van der Waals surface area contributed by atoms with Gasteiger partial charge in [0.05, 0.1) is 12.5 Å². The van der Waals surface area contributed by atoms with Crippen molar-refractivity contribution in [3.8, 4) is 11.4 Å². The number of H-pyrrole nitrogens is 1. The van der Waals surface area contributed by atoms with Crippen molar-refractivity contribution >= 4 is 28.1 Å². The van der Waals surface area contributed by atoms with E-state index in [4.69, 9.17) is 0 Å². The Morgan fingerprint density at radius 3 is 2.76 bits per heavy atom. The Hall–Kier alpha value is -3.57. The lowest BCUT2D eigenvalue weighted by atomic mass is 10.0. The van der Waals surface area contributed by atoms with Crippen LogP contribution in [-0.4, -0.2) is 53.1 Å². The van der Waals surface area contributed by atoms with E-state index < -0.39 is 24.2 Å². The highest BCUT2D eigenvalue weighted by Gasteiger charge is 2.35. The van der Waals surface area contributed by atoms with Crippen molar-refractivity contribution in [1.29, 1.82) is 0 Å². The predicted molar refractivity (Wildman–Crippen MR) is 96.6 cm³/mol. The Labute approximate surface area is 161 Å². The van der Waals surface area contributed by atoms with Crippen molar-refractivity contribution in [2.24, 2.45) is 0 Å². The Kier molecular flexibility index (Phi) is 4.21. The van der Waals surface area contributed by atoms with Gasteiger partial charge in [-0.15, -0.1) is 0 Å². The Balaban J connectivity index is 1.75. The van der Waals surface area contributed by atoms with E-state index in [1.165, 1.54) is 37.3 Å². The van der Waals surface area contributed by atoms with E-state index in [1.54, 1.807) is 12.4 Å². The van der Waals surface area contributed by atoms with Gasteiger partial charge in [-0.25, -0.2) is 24.9 Å². The molecule has 0 aliphatic carbocycles. The number of nitrogens with one attached hydrogen (secondary N) is 2. The van der Waals surface area contributed by atoms with Crippen molar-refractivity contribution < 1.29 is 18.0 Å². The topological polar surface area (TPSA) is 114 Å². The molecule has 0 spiro atoms. The van der Waals surface area contributed by atoms with Crippen LogP contribution < -0.4 is 5.32 Å². The molecule has 29 heavy (non-hydrogen) atoms. The Morgan fingerprint density at radius 2 is 2.00 bits per heavy atom. The van der Waals surface area contributed by atoms with Crippen LogP contribution in [0.5, 0.6) is 0 Å². The van der Waals surface area contributed by atoms with E-state index in [0.29, 0.717) is 33.6 Å². The Morgan fingerprint density at radius 1 is 1.21 bits per heavy atom. The molecule has 0 bridgehead atoms. The second-order valence-corrected chi connectivity index (χ2v) is 6.86. The van der Waals surface area contributed by atoms with Crippen LogP contribution in [-0.2, 0) is 10.3 Å². The average Bonchev–Trinajstić information content (AvgIpc) is 3.29. The number of alkyl halides is 3. The molecule has 1 amide bonds. The summed E-state index contributed by atoms with van der Waals surface area (Å²) in [5.41, 5.74) is 0.609. The van der Waals surface area contributed by atoms with Gasteiger partial charge in [0.2, 0.25) is 5.91 Å². The van der Waals surface area contributed by atoms with Gasteiger partial charge in [-0.2, -0.15) is 13.2 Å². The molecule has 0 radical (unpaired) electrons. The van der Waals surface area contributed by atoms with Crippen LogP contribution in [0.2, 0.25) is 0 Å². The molecule has 12 heteroatoms. The first kappa shape index (κ1) is 18.8. The molecule has 0 atom stereocenters. The summed E-state index contributed by atoms with van der Waals surface area (Å²) in [5, 5.41) is 2.61. The number of rotatable bonds is 4. The summed E-state index contributed by atoms with van der Waals surface area (Å²) in [4.78, 5) is 36.5. The van der Waals surface area contributed by atoms with Crippen LogP contribution in [0, 0.1) is 0 Å². The van der Waals surface area contributed by atoms with Gasteiger partial charge in [0, 0.05) is 23.3 Å². The predicted octanol–water partition coefficient (Wildman–Crippen LogP) is 2.18. The molecule has 4 aromatic rings. The number of amides is 1. The van der Waals surface area contributed by atoms with Crippen molar-refractivity contribution in [1.82, 2.24) is 39.8 Å². The third-order valence-electron chi connectivity index (χ3n) is 4.49. The Bertz CT molecular complexity index is 1210. The summed E-state index contributed by atoms with van der Waals surface area (Å²) in [6.45, 7) is 1.56. The number of aromatic amines is 1. The number of hydrogen-bond acceptors (Lipinski definition) is 6. The fraction of sp³-hybridized carbons (Fsp3) is 0.294. The van der Waals surface area contributed by atoms with E-state index in [9.17, 15) is 18.0 Å². The van der Waals surface area contributed by atoms with Crippen LogP contribution in [0.3, 0.4) is 0 Å². The van der Waals surface area contributed by atoms with Crippen molar-refractivity contribution in [2.45, 2.75) is 25.6 Å². The molecule has 9 nitrogen and oxygen atoms in total. The van der Waals surface area contributed by atoms with Crippen molar-refractivity contribution in [3.63, 3.8) is 0 Å². The molecule has 4 heterocycles. The summed E-state index contributed by atoms with van der Waals surface area (Å²) in [6, 6.07) is 0. The first-order valence-electron chi connectivity index (χ1n) is 8.50. The highest BCUT2D eigenvalue weighted by Crippen LogP contribution is 2.27. The van der Waals surface area contributed by atoms with E-state index in [1.807, 2.05) is 5.32 Å². The molecule has 0 saturated carbocycles. The molecule has 0 unspecified atom stereocenters. The SMILES string of the molecule is CC(C)(C(=O)NCC(F)(F)F)n1cnc2cnc(-c3c[nH]c4ncncc34)nc21. The summed E-state index contributed by atoms with van der Waals surface area (Å²) >= 11 is 0. The summed E-state index contributed by atoms with van der Waals surface area (Å²) < 4.78 is 38.8. The van der Waals surface area contributed by atoms with Gasteiger partial charge in [0.1, 0.15) is 29.6 Å². The van der Waals surface area contributed by atoms with Crippen LogP contribution in [0.15, 0.2) is 31.2 Å². The number of imidazole rings is 1. The van der Waals surface area contributed by atoms with Gasteiger partial charge in [-0.1, -0.05) is 0 Å². The lowest BCUT2D eigenvalue weighted by Gasteiger charge is -2.26. The van der Waals surface area contributed by atoms with Gasteiger partial charge >= 0.3 is 6.18 Å². The van der Waals surface area contributed by atoms with Crippen LogP contribution in [0.1, 0.15) is 13.8 Å². The second kappa shape index (κ2) is 6.50. The minimum absolute atomic E-state index is 0.313. The number of aromatic nitrogens is 7. The third kappa shape index (κ3) is 3.37. The fourth-order valence-corrected chi connectivity index (χ4v) is 2.90. The van der Waals surface area contributed by atoms with Crippen LogP contribution in [0.25, 0.3) is 33.6 Å². The number of fused-ring (bicyclic) bond motifs is 2. The molecular formula is C17H15F3N8O. The van der Waals surface area contributed by atoms with Crippen LogP contribution >= 0.6 is 0 Å². The zero-order valence-corrected chi connectivity index (χ0v) is 15.3. The maximum Gasteiger partial charge on any atom is 0.405 e. The summed E-state index contributed by atoms with van der Waals surface area (Å²) in [5.74, 6) is -0.471. The molecule has 0 aliphatic rings. The van der Waals surface area contributed by atoms with Crippen LogP contribution in [0.4, 0.5) is 13.2 Å². The van der Waals surface area contributed by atoms with Crippen molar-refractivity contribution in [2.75, 3.05) is 6.54 Å². The van der Waals surface area contributed by atoms with Gasteiger partial charge in [-0.3, -0.25) is 4.79 Å². The largest absolute Gasteiger partial charge is 0.405 e. The minimum Gasteiger partial charge on any atom is -0.345 e. The summed E-state index contributed by atoms with van der Waals surface area (Å²) in [6.07, 6.45) is 3.05. The standard InChI is InChI=1S/C17H15F3N8O/c1-16(2,15(29)24-6-17(18,19)20)28-8-26-11-5-23-13(27-14(11)28)10-4-22-12-9(10)3-21-7-25-12/h3-5,7-8H,6H2,1-2H3,(H,24,29)(H,21,22,25). The number of carbonyl (C=O) groups excluding carboxylic acids is 1. The molecule has 4 aromatic heterocycles. The van der Waals surface area contributed by atoms with Gasteiger partial charge in [0.15, 0.2) is 11.5 Å². The number of carbonyl (C=O) groups is 1. The van der Waals surface area contributed by atoms with E-state index in [0.717, 1.165) is 0 Å². The van der Waals surface area contributed by atoms with E-state index in [2.05, 4.69) is 29.9 Å². The minimum atomic E-state index is -4.50. The molecule has 150 valence electrons. The molecule has 0 fully saturated rings. The molecule has 0 aromatic carbocycles. The number of nitrogens with zero attached hydrogens (tertiary/aromatic N) is 6. The molecule has 4 rings (SSSR count). The molecular weight excluding hydrogens is 389 g/mol. The second-order valence-electron chi connectivity index (χ2n) is 6.86. The summed E-state index contributed by atoms with van der Waals surface area (Å²) in [7, 11) is 0. The highest BCUT2D eigenvalue weighted by molar-refractivity contribution is 5.92. The van der Waals surface area contributed by atoms with Gasteiger partial charge in [0.25, 0.3) is 0 Å². The zero-order valence-electron chi connectivity index (χ0n) is 15.3. The lowest BCUT2D eigenvalue weighted by Crippen LogP contribution is -2.47. The van der Waals surface area contributed by atoms with Crippen molar-refractivity contribution in [3.05, 3.63) is 31.2 Å². The van der Waals surface area contributed by atoms with E-state index in [-0.39, 0.29) is 0 Å².